The number of likely N-dealkylation sites (tertiary alicyclic amines) is 1. The highest BCUT2D eigenvalue weighted by atomic mass is 16.3. The average molecular weight is 330 g/mol. The topological polar surface area (TPSA) is 52.6 Å². The lowest BCUT2D eigenvalue weighted by Gasteiger charge is -2.37. The number of rotatable bonds is 6. The van der Waals surface area contributed by atoms with Crippen molar-refractivity contribution in [3.8, 4) is 0 Å². The molecular formula is C20H30N2O2. The zero-order valence-electron chi connectivity index (χ0n) is 14.7. The molecule has 3 atom stereocenters. The van der Waals surface area contributed by atoms with Gasteiger partial charge in [-0.1, -0.05) is 36.8 Å². The number of hydrogen-bond acceptors (Lipinski definition) is 2. The van der Waals surface area contributed by atoms with Crippen LogP contribution in [0.5, 0.6) is 0 Å². The van der Waals surface area contributed by atoms with Crippen molar-refractivity contribution >= 4 is 6.03 Å². The second-order valence-electron chi connectivity index (χ2n) is 7.47. The number of carbonyl (C=O) groups excluding carboxylic acids is 1. The van der Waals surface area contributed by atoms with E-state index in [0.717, 1.165) is 25.3 Å². The van der Waals surface area contributed by atoms with E-state index in [1.54, 1.807) is 0 Å². The van der Waals surface area contributed by atoms with E-state index in [-0.39, 0.29) is 18.1 Å². The number of hydrogen-bond donors (Lipinski definition) is 2. The van der Waals surface area contributed by atoms with Crippen LogP contribution in [0.4, 0.5) is 4.79 Å². The van der Waals surface area contributed by atoms with E-state index in [4.69, 9.17) is 0 Å². The van der Waals surface area contributed by atoms with E-state index < -0.39 is 0 Å². The molecule has 2 aliphatic rings. The molecule has 0 aromatic heterocycles. The van der Waals surface area contributed by atoms with Gasteiger partial charge in [0.25, 0.3) is 0 Å². The first-order chi connectivity index (χ1) is 11.6. The summed E-state index contributed by atoms with van der Waals surface area (Å²) in [6.07, 6.45) is 6.46. The Morgan fingerprint density at radius 2 is 2.00 bits per heavy atom. The van der Waals surface area contributed by atoms with Crippen molar-refractivity contribution in [3.63, 3.8) is 0 Å². The summed E-state index contributed by atoms with van der Waals surface area (Å²) in [5.41, 5.74) is 1.18. The van der Waals surface area contributed by atoms with Gasteiger partial charge in [-0.15, -0.1) is 0 Å². The summed E-state index contributed by atoms with van der Waals surface area (Å²) in [5, 5.41) is 12.9. The van der Waals surface area contributed by atoms with Crippen LogP contribution in [0.2, 0.25) is 0 Å². The Labute approximate surface area is 145 Å². The normalized spacial score (nSPS) is 23.6. The highest BCUT2D eigenvalue weighted by Gasteiger charge is 2.37. The summed E-state index contributed by atoms with van der Waals surface area (Å²) >= 11 is 0. The van der Waals surface area contributed by atoms with E-state index in [1.807, 2.05) is 25.1 Å². The summed E-state index contributed by atoms with van der Waals surface area (Å²) in [7, 11) is 0. The second-order valence-corrected chi connectivity index (χ2v) is 7.47. The number of aliphatic hydroxyl groups is 1. The Balaban J connectivity index is 1.58. The van der Waals surface area contributed by atoms with Crippen LogP contribution in [0, 0.1) is 5.92 Å². The molecule has 2 N–H and O–H groups in total. The fourth-order valence-corrected chi connectivity index (χ4v) is 4.15. The van der Waals surface area contributed by atoms with Gasteiger partial charge in [-0.25, -0.2) is 4.79 Å². The smallest absolute Gasteiger partial charge is 0.317 e. The molecule has 0 spiro atoms. The molecule has 4 nitrogen and oxygen atoms in total. The fourth-order valence-electron chi connectivity index (χ4n) is 4.15. The molecule has 0 unspecified atom stereocenters. The molecule has 1 aromatic rings. The van der Waals surface area contributed by atoms with Crippen LogP contribution in [0.1, 0.15) is 56.9 Å². The van der Waals surface area contributed by atoms with Crippen molar-refractivity contribution in [2.45, 2.75) is 63.5 Å². The Kier molecular flexibility index (Phi) is 5.77. The number of nitrogens with one attached hydrogen (secondary N) is 1. The Hall–Kier alpha value is -1.55. The molecule has 4 heteroatoms. The molecule has 0 radical (unpaired) electrons. The predicted octanol–water partition coefficient (Wildman–Crippen LogP) is 3.52. The summed E-state index contributed by atoms with van der Waals surface area (Å²) in [6, 6.07) is 10.7. The lowest BCUT2D eigenvalue weighted by molar-refractivity contribution is 0.137. The maximum atomic E-state index is 12.7. The van der Waals surface area contributed by atoms with Crippen LogP contribution in [-0.4, -0.2) is 41.3 Å². The van der Waals surface area contributed by atoms with Gasteiger partial charge in [-0.05, 0) is 50.5 Å². The maximum Gasteiger partial charge on any atom is 0.317 e. The van der Waals surface area contributed by atoms with E-state index in [9.17, 15) is 9.90 Å². The largest absolute Gasteiger partial charge is 0.393 e. The Morgan fingerprint density at radius 1 is 1.25 bits per heavy atom. The minimum Gasteiger partial charge on any atom is -0.393 e. The third-order valence-corrected chi connectivity index (χ3v) is 5.65. The van der Waals surface area contributed by atoms with Crippen molar-refractivity contribution in [1.29, 1.82) is 0 Å². The molecule has 1 saturated heterocycles. The third-order valence-electron chi connectivity index (χ3n) is 5.65. The Bertz CT molecular complexity index is 528. The average Bonchev–Trinajstić information content (AvgIpc) is 2.99. The fraction of sp³-hybridized carbons (Fsp3) is 0.650. The number of benzene rings is 1. The number of carbonyl (C=O) groups is 1. The highest BCUT2D eigenvalue weighted by molar-refractivity contribution is 5.75. The van der Waals surface area contributed by atoms with Gasteiger partial charge >= 0.3 is 6.03 Å². The summed E-state index contributed by atoms with van der Waals surface area (Å²) in [5.74, 6) is 0.876. The molecule has 1 saturated carbocycles. The van der Waals surface area contributed by atoms with E-state index in [2.05, 4.69) is 22.3 Å². The molecule has 1 aliphatic carbocycles. The van der Waals surface area contributed by atoms with Gasteiger partial charge in [0, 0.05) is 25.0 Å². The SMILES string of the molecule is C[C@H](O)C[C@H](CNC(=O)N1CCC[C@@H]1C1CCC1)c1ccccc1. The van der Waals surface area contributed by atoms with Crippen LogP contribution in [0.15, 0.2) is 30.3 Å². The molecule has 1 aromatic carbocycles. The highest BCUT2D eigenvalue weighted by Crippen LogP contribution is 2.37. The van der Waals surface area contributed by atoms with Crippen molar-refractivity contribution in [1.82, 2.24) is 10.2 Å². The first kappa shape index (κ1) is 17.3. The monoisotopic (exact) mass is 330 g/mol. The molecule has 1 aliphatic heterocycles. The second kappa shape index (κ2) is 8.02. The van der Waals surface area contributed by atoms with Crippen LogP contribution < -0.4 is 5.32 Å². The van der Waals surface area contributed by atoms with Crippen LogP contribution in [-0.2, 0) is 0 Å². The van der Waals surface area contributed by atoms with Crippen LogP contribution in [0.3, 0.4) is 0 Å². The number of amides is 2. The van der Waals surface area contributed by atoms with Gasteiger partial charge in [-0.3, -0.25) is 0 Å². The maximum absolute atomic E-state index is 12.7. The van der Waals surface area contributed by atoms with Gasteiger partial charge in [0.2, 0.25) is 0 Å². The first-order valence-corrected chi connectivity index (χ1v) is 9.42. The van der Waals surface area contributed by atoms with Gasteiger partial charge in [0.1, 0.15) is 0 Å². The molecule has 2 fully saturated rings. The molecule has 1 heterocycles. The van der Waals surface area contributed by atoms with Crippen molar-refractivity contribution in [2.24, 2.45) is 5.92 Å². The minimum atomic E-state index is -0.374. The van der Waals surface area contributed by atoms with Crippen molar-refractivity contribution in [3.05, 3.63) is 35.9 Å². The van der Waals surface area contributed by atoms with Gasteiger partial charge in [-0.2, -0.15) is 0 Å². The molecule has 132 valence electrons. The van der Waals surface area contributed by atoms with E-state index >= 15 is 0 Å². The molecule has 24 heavy (non-hydrogen) atoms. The zero-order chi connectivity index (χ0) is 16.9. The number of urea groups is 1. The van der Waals surface area contributed by atoms with Gasteiger partial charge < -0.3 is 15.3 Å². The Morgan fingerprint density at radius 3 is 2.62 bits per heavy atom. The summed E-state index contributed by atoms with van der Waals surface area (Å²) in [4.78, 5) is 14.7. The zero-order valence-corrected chi connectivity index (χ0v) is 14.7. The lowest BCUT2D eigenvalue weighted by atomic mass is 9.79. The van der Waals surface area contributed by atoms with Crippen LogP contribution >= 0.6 is 0 Å². The first-order valence-electron chi connectivity index (χ1n) is 9.42. The number of nitrogens with zero attached hydrogens (tertiary/aromatic N) is 1. The van der Waals surface area contributed by atoms with Gasteiger partial charge in [0.15, 0.2) is 0 Å². The van der Waals surface area contributed by atoms with Crippen LogP contribution in [0.25, 0.3) is 0 Å². The molecule has 2 amide bonds. The molecule has 0 bridgehead atoms. The summed E-state index contributed by atoms with van der Waals surface area (Å²) < 4.78 is 0. The van der Waals surface area contributed by atoms with Crippen molar-refractivity contribution < 1.29 is 9.90 Å². The van der Waals surface area contributed by atoms with E-state index in [0.29, 0.717) is 19.0 Å². The number of aliphatic hydroxyl groups excluding tert-OH is 1. The molecule has 3 rings (SSSR count). The molecular weight excluding hydrogens is 300 g/mol. The quantitative estimate of drug-likeness (QED) is 0.838. The predicted molar refractivity (Wildman–Crippen MR) is 95.9 cm³/mol. The summed E-state index contributed by atoms with van der Waals surface area (Å²) in [6.45, 7) is 3.28. The standard InChI is InChI=1S/C20H30N2O2/c1-15(23)13-18(16-7-3-2-4-8-16)14-21-20(24)22-12-6-11-19(22)17-9-5-10-17/h2-4,7-8,15,17-19,23H,5-6,9-14H2,1H3,(H,21,24)/t15-,18+,19+/m0/s1. The van der Waals surface area contributed by atoms with E-state index in [1.165, 1.54) is 24.8 Å². The van der Waals surface area contributed by atoms with Crippen molar-refractivity contribution in [2.75, 3.05) is 13.1 Å². The third kappa shape index (κ3) is 4.10. The lowest BCUT2D eigenvalue weighted by Crippen LogP contribution is -2.47. The van der Waals surface area contributed by atoms with Gasteiger partial charge in [0.05, 0.1) is 6.10 Å². The minimum absolute atomic E-state index is 0.0796.